The summed E-state index contributed by atoms with van der Waals surface area (Å²) in [6.45, 7) is 3.39. The number of aliphatic imine (C=N–C) groups is 1. The number of benzene rings is 1. The van der Waals surface area contributed by atoms with E-state index in [1.165, 1.54) is 0 Å². The first-order chi connectivity index (χ1) is 16.9. The number of halogens is 3. The van der Waals surface area contributed by atoms with Gasteiger partial charge in [-0.05, 0) is 45.6 Å². The molecule has 200 valence electrons. The number of nitrogens with two attached hydrogens (primary N) is 1. The van der Waals surface area contributed by atoms with Crippen molar-refractivity contribution >= 4 is 22.6 Å². The van der Waals surface area contributed by atoms with Gasteiger partial charge in [-0.15, -0.1) is 0 Å². The molecule has 1 aromatic carbocycles. The Morgan fingerprint density at radius 3 is 2.61 bits per heavy atom. The smallest absolute Gasteiger partial charge is 0.415 e. The summed E-state index contributed by atoms with van der Waals surface area (Å²) >= 11 is 0. The Hall–Kier alpha value is -2.83. The van der Waals surface area contributed by atoms with Crippen LogP contribution in [0.25, 0.3) is 11.0 Å². The van der Waals surface area contributed by atoms with Crippen molar-refractivity contribution in [2.24, 2.45) is 17.8 Å². The number of allylic oxidation sites excluding steroid dienone is 1. The third kappa shape index (κ3) is 7.84. The van der Waals surface area contributed by atoms with E-state index in [1.54, 1.807) is 25.4 Å². The summed E-state index contributed by atoms with van der Waals surface area (Å²) in [7, 11) is 1.87. The Morgan fingerprint density at radius 1 is 1.28 bits per heavy atom. The van der Waals surface area contributed by atoms with Crippen LogP contribution in [0.15, 0.2) is 35.2 Å². The maximum atomic E-state index is 12.5. The first kappa shape index (κ1) is 27.8. The third-order valence-corrected chi connectivity index (χ3v) is 6.03. The number of aromatic nitrogens is 2. The number of rotatable bonds is 10. The highest BCUT2D eigenvalue weighted by molar-refractivity contribution is 5.98. The second kappa shape index (κ2) is 11.9. The van der Waals surface area contributed by atoms with Crippen molar-refractivity contribution < 1.29 is 28.1 Å². The number of imidazole rings is 1. The Morgan fingerprint density at radius 2 is 1.97 bits per heavy atom. The van der Waals surface area contributed by atoms with Crippen molar-refractivity contribution in [2.45, 2.75) is 70.1 Å². The average Bonchev–Trinajstić information content (AvgIpc) is 3.17. The van der Waals surface area contributed by atoms with Crippen LogP contribution < -0.4 is 21.1 Å². The van der Waals surface area contributed by atoms with Crippen molar-refractivity contribution in [3.8, 4) is 5.75 Å². The predicted molar refractivity (Wildman–Crippen MR) is 132 cm³/mol. The Labute approximate surface area is 208 Å². The number of aliphatic hydroxyl groups excluding tert-OH is 2. The van der Waals surface area contributed by atoms with E-state index in [-0.39, 0.29) is 18.0 Å². The predicted octanol–water partition coefficient (Wildman–Crippen LogP) is 2.64. The van der Waals surface area contributed by atoms with Crippen LogP contribution in [0.5, 0.6) is 5.75 Å². The molecule has 0 radical (unpaired) electrons. The number of alkyl halides is 3. The minimum Gasteiger partial charge on any atom is -0.490 e. The largest absolute Gasteiger partial charge is 0.490 e. The van der Waals surface area contributed by atoms with Crippen LogP contribution in [-0.4, -0.2) is 69.2 Å². The number of aliphatic hydroxyl groups is 2. The minimum atomic E-state index is -4.62. The highest BCUT2D eigenvalue weighted by Crippen LogP contribution is 2.33. The molecule has 1 aliphatic carbocycles. The lowest BCUT2D eigenvalue weighted by molar-refractivity contribution is -0.202. The highest BCUT2D eigenvalue weighted by atomic mass is 19.4. The van der Waals surface area contributed by atoms with Crippen LogP contribution in [0.1, 0.15) is 39.5 Å². The van der Waals surface area contributed by atoms with Crippen LogP contribution in [0, 0.1) is 0 Å². The van der Waals surface area contributed by atoms with E-state index in [1.807, 2.05) is 24.6 Å². The van der Waals surface area contributed by atoms with Crippen molar-refractivity contribution in [1.82, 2.24) is 20.2 Å². The molecule has 12 heteroatoms. The average molecular weight is 513 g/mol. The Kier molecular flexibility index (Phi) is 9.20. The van der Waals surface area contributed by atoms with Gasteiger partial charge >= 0.3 is 6.18 Å². The molecular formula is C24H35F3N6O3. The van der Waals surface area contributed by atoms with Gasteiger partial charge in [0.1, 0.15) is 17.1 Å². The molecule has 2 aromatic rings. The van der Waals surface area contributed by atoms with E-state index in [4.69, 9.17) is 10.5 Å². The SMILES string of the molecule is C/C(=C/C(N)=Nc1cc(OC2CCC(NC[C@@H](O)C(F)(F)F)CC2)cc2c1ncn2C)NCC(C)O. The second-order valence-corrected chi connectivity index (χ2v) is 9.32. The third-order valence-electron chi connectivity index (χ3n) is 6.03. The van der Waals surface area contributed by atoms with Crippen molar-refractivity contribution in [3.05, 3.63) is 30.2 Å². The van der Waals surface area contributed by atoms with E-state index in [0.717, 1.165) is 11.2 Å². The fraction of sp³-hybridized carbons (Fsp3) is 0.583. The molecule has 0 amide bonds. The summed E-state index contributed by atoms with van der Waals surface area (Å²) in [5, 5.41) is 24.5. The van der Waals surface area contributed by atoms with Gasteiger partial charge in [0, 0.05) is 44.0 Å². The number of nitrogens with zero attached hydrogens (tertiary/aromatic N) is 3. The van der Waals surface area contributed by atoms with Gasteiger partial charge in [-0.2, -0.15) is 13.2 Å². The molecule has 0 spiro atoms. The number of hydrogen-bond donors (Lipinski definition) is 5. The molecule has 1 aliphatic rings. The number of hydrogen-bond acceptors (Lipinski definition) is 7. The second-order valence-electron chi connectivity index (χ2n) is 9.32. The molecule has 1 heterocycles. The van der Waals surface area contributed by atoms with Crippen LogP contribution in [0.2, 0.25) is 0 Å². The summed E-state index contributed by atoms with van der Waals surface area (Å²) in [6.07, 6.45) is -1.60. The maximum Gasteiger partial charge on any atom is 0.415 e. The Bertz CT molecular complexity index is 1070. The molecule has 0 saturated heterocycles. The van der Waals surface area contributed by atoms with Crippen LogP contribution in [-0.2, 0) is 7.05 Å². The van der Waals surface area contributed by atoms with Gasteiger partial charge in [0.2, 0.25) is 0 Å². The van der Waals surface area contributed by atoms with Crippen LogP contribution in [0.4, 0.5) is 18.9 Å². The van der Waals surface area contributed by atoms with Gasteiger partial charge in [-0.1, -0.05) is 0 Å². The number of amidine groups is 1. The molecule has 0 aliphatic heterocycles. The summed E-state index contributed by atoms with van der Waals surface area (Å²) in [5.41, 5.74) is 8.94. The quantitative estimate of drug-likeness (QED) is 0.244. The lowest BCUT2D eigenvalue weighted by Gasteiger charge is -2.30. The van der Waals surface area contributed by atoms with Crippen LogP contribution >= 0.6 is 0 Å². The fourth-order valence-electron chi connectivity index (χ4n) is 4.06. The molecule has 1 aromatic heterocycles. The standard InChI is InChI=1S/C24H35F3N6O3/c1-14(29-11-15(2)34)8-22(28)32-19-9-18(10-20-23(19)31-13-33(20)3)36-17-6-4-16(5-7-17)30-12-21(35)24(25,26)27/h8-10,13,15-17,21,29-30,34-35H,4-7,11-12H2,1-3H3,(H2,28,32)/b14-8-/t15?,16?,17?,21-/m1/s1. The van der Waals surface area contributed by atoms with Gasteiger partial charge in [0.15, 0.2) is 6.10 Å². The highest BCUT2D eigenvalue weighted by Gasteiger charge is 2.38. The van der Waals surface area contributed by atoms with Gasteiger partial charge in [-0.25, -0.2) is 9.98 Å². The molecule has 1 saturated carbocycles. The van der Waals surface area contributed by atoms with E-state index in [0.29, 0.717) is 49.2 Å². The van der Waals surface area contributed by atoms with E-state index >= 15 is 0 Å². The van der Waals surface area contributed by atoms with Gasteiger partial charge in [-0.3, -0.25) is 0 Å². The summed E-state index contributed by atoms with van der Waals surface area (Å²) in [4.78, 5) is 8.95. The molecule has 1 unspecified atom stereocenters. The molecule has 36 heavy (non-hydrogen) atoms. The molecular weight excluding hydrogens is 477 g/mol. The monoisotopic (exact) mass is 512 g/mol. The molecule has 0 bridgehead atoms. The number of aryl methyl sites for hydroxylation is 1. The van der Waals surface area contributed by atoms with Crippen molar-refractivity contribution in [2.75, 3.05) is 13.1 Å². The molecule has 9 nitrogen and oxygen atoms in total. The number of nitrogens with one attached hydrogen (secondary N) is 2. The van der Waals surface area contributed by atoms with E-state index in [9.17, 15) is 23.4 Å². The summed E-state index contributed by atoms with van der Waals surface area (Å²) in [6, 6.07) is 3.56. The summed E-state index contributed by atoms with van der Waals surface area (Å²) in [5.74, 6) is 0.872. The lowest BCUT2D eigenvalue weighted by atomic mass is 9.93. The van der Waals surface area contributed by atoms with E-state index < -0.39 is 24.9 Å². The molecule has 2 atom stereocenters. The van der Waals surface area contributed by atoms with Crippen LogP contribution in [0.3, 0.4) is 0 Å². The molecule has 6 N–H and O–H groups in total. The zero-order valence-corrected chi connectivity index (χ0v) is 20.7. The van der Waals surface area contributed by atoms with Crippen molar-refractivity contribution in [1.29, 1.82) is 0 Å². The normalized spacial score (nSPS) is 21.4. The van der Waals surface area contributed by atoms with E-state index in [2.05, 4.69) is 20.6 Å². The zero-order valence-electron chi connectivity index (χ0n) is 20.7. The van der Waals surface area contributed by atoms with Crippen molar-refractivity contribution in [3.63, 3.8) is 0 Å². The molecule has 3 rings (SSSR count). The lowest BCUT2D eigenvalue weighted by Crippen LogP contribution is -2.44. The topological polar surface area (TPSA) is 130 Å². The summed E-state index contributed by atoms with van der Waals surface area (Å²) < 4.78 is 45.6. The number of ether oxygens (including phenoxy) is 1. The minimum absolute atomic E-state index is 0.0951. The molecule has 1 fully saturated rings. The fourth-order valence-corrected chi connectivity index (χ4v) is 4.06. The number of fused-ring (bicyclic) bond motifs is 1. The maximum absolute atomic E-state index is 12.5. The first-order valence-electron chi connectivity index (χ1n) is 12.0. The Balaban J connectivity index is 1.67. The first-order valence-corrected chi connectivity index (χ1v) is 12.0. The zero-order chi connectivity index (χ0) is 26.5. The van der Waals surface area contributed by atoms with Gasteiger partial charge < -0.3 is 35.9 Å². The van der Waals surface area contributed by atoms with Gasteiger partial charge in [0.05, 0.1) is 29.7 Å². The van der Waals surface area contributed by atoms with Gasteiger partial charge in [0.25, 0.3) is 0 Å².